The number of ether oxygens (including phenoxy) is 1. The van der Waals surface area contributed by atoms with Crippen molar-refractivity contribution in [3.8, 4) is 5.75 Å². The van der Waals surface area contributed by atoms with Gasteiger partial charge in [-0.25, -0.2) is 4.39 Å². The van der Waals surface area contributed by atoms with Gasteiger partial charge in [-0.2, -0.15) is 0 Å². The van der Waals surface area contributed by atoms with Crippen LogP contribution in [0.1, 0.15) is 30.6 Å². The van der Waals surface area contributed by atoms with Crippen LogP contribution >= 0.6 is 0 Å². The first-order valence-electron chi connectivity index (χ1n) is 5.14. The van der Waals surface area contributed by atoms with Gasteiger partial charge in [0.1, 0.15) is 18.2 Å². The molecule has 0 aromatic heterocycles. The second-order valence-corrected chi connectivity index (χ2v) is 3.59. The highest BCUT2D eigenvalue weighted by Crippen LogP contribution is 2.21. The van der Waals surface area contributed by atoms with E-state index in [-0.39, 0.29) is 11.5 Å². The van der Waals surface area contributed by atoms with Gasteiger partial charge in [-0.3, -0.25) is 4.79 Å². The minimum Gasteiger partial charge on any atom is -0.488 e. The third kappa shape index (κ3) is 3.19. The molecule has 2 nitrogen and oxygen atoms in total. The first-order chi connectivity index (χ1) is 7.54. The minimum absolute atomic E-state index is 0.142. The molecule has 0 unspecified atom stereocenters. The van der Waals surface area contributed by atoms with E-state index >= 15 is 0 Å². The van der Waals surface area contributed by atoms with Crippen molar-refractivity contribution in [1.29, 1.82) is 0 Å². The number of ketones is 1. The molecule has 1 aromatic carbocycles. The van der Waals surface area contributed by atoms with Crippen molar-refractivity contribution >= 4 is 5.78 Å². The summed E-state index contributed by atoms with van der Waals surface area (Å²) in [5.41, 5.74) is 1.30. The van der Waals surface area contributed by atoms with Crippen molar-refractivity contribution in [2.75, 3.05) is 6.61 Å². The SMILES string of the molecule is C=C(CC)COc1cc(F)ccc1C(C)=O. The lowest BCUT2D eigenvalue weighted by atomic mass is 10.1. The predicted octanol–water partition coefficient (Wildman–Crippen LogP) is 3.37. The zero-order valence-electron chi connectivity index (χ0n) is 9.55. The van der Waals surface area contributed by atoms with Gasteiger partial charge >= 0.3 is 0 Å². The fourth-order valence-electron chi connectivity index (χ4n) is 1.19. The highest BCUT2D eigenvalue weighted by Gasteiger charge is 2.09. The molecule has 16 heavy (non-hydrogen) atoms. The molecule has 0 aliphatic carbocycles. The summed E-state index contributed by atoms with van der Waals surface area (Å²) >= 11 is 0. The lowest BCUT2D eigenvalue weighted by molar-refractivity contribution is 0.101. The number of rotatable bonds is 5. The lowest BCUT2D eigenvalue weighted by Crippen LogP contribution is -2.04. The monoisotopic (exact) mass is 222 g/mol. The maximum absolute atomic E-state index is 13.0. The summed E-state index contributed by atoms with van der Waals surface area (Å²) in [5.74, 6) is -0.277. The second-order valence-electron chi connectivity index (χ2n) is 3.59. The van der Waals surface area contributed by atoms with Crippen LogP contribution in [0.15, 0.2) is 30.4 Å². The minimum atomic E-state index is -0.415. The summed E-state index contributed by atoms with van der Waals surface area (Å²) in [5, 5.41) is 0. The molecule has 0 N–H and O–H groups in total. The number of Topliss-reactive ketones (excluding diaryl/α,β-unsaturated/α-hetero) is 1. The van der Waals surface area contributed by atoms with Crippen LogP contribution in [0.5, 0.6) is 5.75 Å². The molecule has 0 saturated carbocycles. The molecule has 3 heteroatoms. The maximum atomic E-state index is 13.0. The van der Waals surface area contributed by atoms with E-state index in [2.05, 4.69) is 6.58 Å². The summed E-state index contributed by atoms with van der Waals surface area (Å²) in [6.07, 6.45) is 0.796. The molecule has 1 rings (SSSR count). The van der Waals surface area contributed by atoms with E-state index in [1.54, 1.807) is 0 Å². The largest absolute Gasteiger partial charge is 0.488 e. The molecule has 86 valence electrons. The smallest absolute Gasteiger partial charge is 0.163 e. The van der Waals surface area contributed by atoms with E-state index in [9.17, 15) is 9.18 Å². The molecule has 0 heterocycles. The first-order valence-corrected chi connectivity index (χ1v) is 5.14. The Morgan fingerprint density at radius 3 is 2.75 bits per heavy atom. The molecular weight excluding hydrogens is 207 g/mol. The molecular formula is C13H15FO2. The fourth-order valence-corrected chi connectivity index (χ4v) is 1.19. The molecule has 0 saturated heterocycles. The van der Waals surface area contributed by atoms with Crippen LogP contribution in [0.4, 0.5) is 4.39 Å². The standard InChI is InChI=1S/C13H15FO2/c1-4-9(2)8-16-13-7-11(14)5-6-12(13)10(3)15/h5-7H,2,4,8H2,1,3H3. The molecule has 0 bridgehead atoms. The van der Waals surface area contributed by atoms with Crippen LogP contribution in [-0.2, 0) is 0 Å². The number of benzene rings is 1. The normalized spacial score (nSPS) is 9.94. The van der Waals surface area contributed by atoms with Gasteiger partial charge in [0, 0.05) is 6.07 Å². The summed E-state index contributed by atoms with van der Waals surface area (Å²) in [6, 6.07) is 3.90. The molecule has 0 atom stereocenters. The average molecular weight is 222 g/mol. The number of hydrogen-bond donors (Lipinski definition) is 0. The summed E-state index contributed by atoms with van der Waals surface area (Å²) in [7, 11) is 0. The van der Waals surface area contributed by atoms with Gasteiger partial charge in [0.25, 0.3) is 0 Å². The zero-order valence-corrected chi connectivity index (χ0v) is 9.55. The van der Waals surface area contributed by atoms with Crippen molar-refractivity contribution in [3.05, 3.63) is 41.7 Å². The van der Waals surface area contributed by atoms with Gasteiger partial charge in [-0.05, 0) is 31.1 Å². The van der Waals surface area contributed by atoms with Gasteiger partial charge in [0.05, 0.1) is 5.56 Å². The van der Waals surface area contributed by atoms with Gasteiger partial charge in [0.15, 0.2) is 5.78 Å². The molecule has 0 fully saturated rings. The Balaban J connectivity index is 2.88. The van der Waals surface area contributed by atoms with Crippen molar-refractivity contribution in [2.24, 2.45) is 0 Å². The Kier molecular flexibility index (Phi) is 4.23. The van der Waals surface area contributed by atoms with Crippen LogP contribution in [0.3, 0.4) is 0 Å². The third-order valence-corrected chi connectivity index (χ3v) is 2.25. The van der Waals surface area contributed by atoms with E-state index < -0.39 is 5.82 Å². The Bertz CT molecular complexity index is 410. The van der Waals surface area contributed by atoms with Crippen molar-refractivity contribution in [3.63, 3.8) is 0 Å². The first kappa shape index (κ1) is 12.4. The molecule has 0 amide bonds. The summed E-state index contributed by atoms with van der Waals surface area (Å²) in [6.45, 7) is 7.47. The van der Waals surface area contributed by atoms with Crippen molar-refractivity contribution in [1.82, 2.24) is 0 Å². The second kappa shape index (κ2) is 5.45. The van der Waals surface area contributed by atoms with E-state index in [0.717, 1.165) is 12.0 Å². The van der Waals surface area contributed by atoms with Crippen molar-refractivity contribution < 1.29 is 13.9 Å². The zero-order chi connectivity index (χ0) is 12.1. The van der Waals surface area contributed by atoms with Gasteiger partial charge in [0.2, 0.25) is 0 Å². The quantitative estimate of drug-likeness (QED) is 0.564. The highest BCUT2D eigenvalue weighted by molar-refractivity contribution is 5.96. The molecule has 1 aromatic rings. The Morgan fingerprint density at radius 2 is 2.19 bits per heavy atom. The number of carbonyl (C=O) groups is 1. The lowest BCUT2D eigenvalue weighted by Gasteiger charge is -2.10. The Labute approximate surface area is 94.7 Å². The predicted molar refractivity (Wildman–Crippen MR) is 61.3 cm³/mol. The van der Waals surface area contributed by atoms with E-state index in [0.29, 0.717) is 12.2 Å². The van der Waals surface area contributed by atoms with Crippen molar-refractivity contribution in [2.45, 2.75) is 20.3 Å². The maximum Gasteiger partial charge on any atom is 0.163 e. The topological polar surface area (TPSA) is 26.3 Å². The van der Waals surface area contributed by atoms with E-state index in [1.165, 1.54) is 25.1 Å². The third-order valence-electron chi connectivity index (χ3n) is 2.25. The fraction of sp³-hybridized carbons (Fsp3) is 0.308. The van der Waals surface area contributed by atoms with Gasteiger partial charge in [-0.15, -0.1) is 0 Å². The average Bonchev–Trinajstić information content (AvgIpc) is 2.25. The Hall–Kier alpha value is -1.64. The van der Waals surface area contributed by atoms with Crippen LogP contribution < -0.4 is 4.74 Å². The molecule has 0 aliphatic rings. The van der Waals surface area contributed by atoms with Crippen LogP contribution in [-0.4, -0.2) is 12.4 Å². The Morgan fingerprint density at radius 1 is 1.50 bits per heavy atom. The summed E-state index contributed by atoms with van der Waals surface area (Å²) in [4.78, 5) is 11.3. The van der Waals surface area contributed by atoms with Crippen LogP contribution in [0.25, 0.3) is 0 Å². The van der Waals surface area contributed by atoms with Crippen LogP contribution in [0.2, 0.25) is 0 Å². The number of hydrogen-bond acceptors (Lipinski definition) is 2. The van der Waals surface area contributed by atoms with Gasteiger partial charge < -0.3 is 4.74 Å². The molecule has 0 radical (unpaired) electrons. The van der Waals surface area contributed by atoms with E-state index in [1.807, 2.05) is 6.92 Å². The highest BCUT2D eigenvalue weighted by atomic mass is 19.1. The molecule has 0 spiro atoms. The van der Waals surface area contributed by atoms with Gasteiger partial charge in [-0.1, -0.05) is 13.5 Å². The summed E-state index contributed by atoms with van der Waals surface area (Å²) < 4.78 is 18.4. The van der Waals surface area contributed by atoms with Crippen LogP contribution in [0, 0.1) is 5.82 Å². The molecule has 0 aliphatic heterocycles. The van der Waals surface area contributed by atoms with E-state index in [4.69, 9.17) is 4.74 Å². The number of carbonyl (C=O) groups excluding carboxylic acids is 1. The number of halogens is 1.